The number of nitriles is 1. The standard InChI is InChI=1S/C17H20FN3/c1-3-8-20-13(2)17-5-4-9-21(17)12-14-6-7-16(18)15(10-14)11-19/h4-7,9-10,13,20H,3,8,12H2,1-2H3. The van der Waals surface area contributed by atoms with Gasteiger partial charge in [0.05, 0.1) is 5.56 Å². The van der Waals surface area contributed by atoms with E-state index in [0.29, 0.717) is 6.54 Å². The molecule has 0 aliphatic carbocycles. The number of aromatic nitrogens is 1. The fourth-order valence-electron chi connectivity index (χ4n) is 2.38. The van der Waals surface area contributed by atoms with E-state index in [1.165, 1.54) is 11.8 Å². The average Bonchev–Trinajstić information content (AvgIpc) is 2.95. The number of hydrogen-bond donors (Lipinski definition) is 1. The van der Waals surface area contributed by atoms with Crippen molar-refractivity contribution in [2.24, 2.45) is 0 Å². The largest absolute Gasteiger partial charge is 0.346 e. The first kappa shape index (κ1) is 15.3. The zero-order valence-corrected chi connectivity index (χ0v) is 12.4. The minimum Gasteiger partial charge on any atom is -0.346 e. The van der Waals surface area contributed by atoms with Crippen LogP contribution in [0.4, 0.5) is 4.39 Å². The molecule has 1 N–H and O–H groups in total. The highest BCUT2D eigenvalue weighted by molar-refractivity contribution is 5.34. The molecule has 0 amide bonds. The predicted molar refractivity (Wildman–Crippen MR) is 81.4 cm³/mol. The van der Waals surface area contributed by atoms with Crippen LogP contribution in [0.2, 0.25) is 0 Å². The van der Waals surface area contributed by atoms with Gasteiger partial charge < -0.3 is 9.88 Å². The van der Waals surface area contributed by atoms with Gasteiger partial charge in [0.2, 0.25) is 0 Å². The minimum atomic E-state index is -0.466. The zero-order chi connectivity index (χ0) is 15.2. The summed E-state index contributed by atoms with van der Waals surface area (Å²) in [6, 6.07) is 10.9. The molecule has 3 nitrogen and oxygen atoms in total. The molecule has 0 aliphatic heterocycles. The van der Waals surface area contributed by atoms with E-state index in [2.05, 4.69) is 29.8 Å². The molecule has 0 spiro atoms. The summed E-state index contributed by atoms with van der Waals surface area (Å²) < 4.78 is 15.5. The van der Waals surface area contributed by atoms with Crippen molar-refractivity contribution < 1.29 is 4.39 Å². The molecule has 0 saturated heterocycles. The second kappa shape index (κ2) is 7.05. The van der Waals surface area contributed by atoms with Crippen LogP contribution in [0.25, 0.3) is 0 Å². The molecular formula is C17H20FN3. The van der Waals surface area contributed by atoms with Gasteiger partial charge in [0, 0.05) is 24.5 Å². The SMILES string of the molecule is CCCNC(C)c1cccn1Cc1ccc(F)c(C#N)c1. The van der Waals surface area contributed by atoms with E-state index < -0.39 is 5.82 Å². The summed E-state index contributed by atoms with van der Waals surface area (Å²) in [6.07, 6.45) is 3.10. The maximum atomic E-state index is 13.4. The summed E-state index contributed by atoms with van der Waals surface area (Å²) in [4.78, 5) is 0. The van der Waals surface area contributed by atoms with Gasteiger partial charge in [-0.25, -0.2) is 4.39 Å². The molecule has 1 aromatic carbocycles. The highest BCUT2D eigenvalue weighted by Gasteiger charge is 2.10. The van der Waals surface area contributed by atoms with Gasteiger partial charge in [-0.3, -0.25) is 0 Å². The molecule has 4 heteroatoms. The van der Waals surface area contributed by atoms with Crippen molar-refractivity contribution in [3.8, 4) is 6.07 Å². The molecule has 1 heterocycles. The van der Waals surface area contributed by atoms with Gasteiger partial charge in [-0.15, -0.1) is 0 Å². The Kier molecular flexibility index (Phi) is 5.13. The number of nitrogens with zero attached hydrogens (tertiary/aromatic N) is 2. The lowest BCUT2D eigenvalue weighted by Crippen LogP contribution is -2.22. The van der Waals surface area contributed by atoms with Crippen LogP contribution in [-0.2, 0) is 6.54 Å². The monoisotopic (exact) mass is 285 g/mol. The van der Waals surface area contributed by atoms with E-state index in [9.17, 15) is 4.39 Å². The number of nitrogens with one attached hydrogen (secondary N) is 1. The van der Waals surface area contributed by atoms with Crippen LogP contribution >= 0.6 is 0 Å². The second-order valence-electron chi connectivity index (χ2n) is 5.16. The van der Waals surface area contributed by atoms with Crippen molar-refractivity contribution in [3.05, 3.63) is 59.2 Å². The second-order valence-corrected chi connectivity index (χ2v) is 5.16. The number of halogens is 1. The van der Waals surface area contributed by atoms with E-state index in [1.807, 2.05) is 18.3 Å². The molecule has 0 bridgehead atoms. The summed E-state index contributed by atoms with van der Waals surface area (Å²) in [5, 5.41) is 12.4. The Bertz CT molecular complexity index is 640. The average molecular weight is 285 g/mol. The fraction of sp³-hybridized carbons (Fsp3) is 0.353. The van der Waals surface area contributed by atoms with Crippen LogP contribution in [0.15, 0.2) is 36.5 Å². The summed E-state index contributed by atoms with van der Waals surface area (Å²) in [5.74, 6) is -0.466. The molecule has 0 saturated carbocycles. The van der Waals surface area contributed by atoms with Crippen molar-refractivity contribution in [1.29, 1.82) is 5.26 Å². The van der Waals surface area contributed by atoms with Crippen LogP contribution in [0.1, 0.15) is 43.1 Å². The van der Waals surface area contributed by atoms with Crippen LogP contribution in [0.5, 0.6) is 0 Å². The molecule has 1 aromatic heterocycles. The molecule has 0 fully saturated rings. The highest BCUT2D eigenvalue weighted by atomic mass is 19.1. The van der Waals surface area contributed by atoms with Crippen molar-refractivity contribution >= 4 is 0 Å². The van der Waals surface area contributed by atoms with Crippen LogP contribution < -0.4 is 5.32 Å². The first-order valence-electron chi connectivity index (χ1n) is 7.22. The normalized spacial score (nSPS) is 12.1. The lowest BCUT2D eigenvalue weighted by molar-refractivity contribution is 0.534. The highest BCUT2D eigenvalue weighted by Crippen LogP contribution is 2.17. The summed E-state index contributed by atoms with van der Waals surface area (Å²) in [5.41, 5.74) is 2.21. The Morgan fingerprint density at radius 3 is 2.90 bits per heavy atom. The lowest BCUT2D eigenvalue weighted by Gasteiger charge is -2.17. The Hall–Kier alpha value is -2.12. The van der Waals surface area contributed by atoms with E-state index in [1.54, 1.807) is 12.1 Å². The number of hydrogen-bond acceptors (Lipinski definition) is 2. The third kappa shape index (κ3) is 3.71. The van der Waals surface area contributed by atoms with Gasteiger partial charge in [-0.1, -0.05) is 13.0 Å². The van der Waals surface area contributed by atoms with Gasteiger partial charge in [0.1, 0.15) is 11.9 Å². The Morgan fingerprint density at radius 1 is 1.38 bits per heavy atom. The lowest BCUT2D eigenvalue weighted by atomic mass is 10.1. The minimum absolute atomic E-state index is 0.0957. The van der Waals surface area contributed by atoms with E-state index in [-0.39, 0.29) is 11.6 Å². The first-order valence-corrected chi connectivity index (χ1v) is 7.22. The molecular weight excluding hydrogens is 265 g/mol. The summed E-state index contributed by atoms with van der Waals surface area (Å²) >= 11 is 0. The van der Waals surface area contributed by atoms with Crippen LogP contribution in [0, 0.1) is 17.1 Å². The molecule has 1 atom stereocenters. The zero-order valence-electron chi connectivity index (χ0n) is 12.4. The third-order valence-corrected chi connectivity index (χ3v) is 3.51. The van der Waals surface area contributed by atoms with Gasteiger partial charge in [-0.2, -0.15) is 5.26 Å². The maximum Gasteiger partial charge on any atom is 0.140 e. The molecule has 2 rings (SSSR count). The van der Waals surface area contributed by atoms with E-state index in [4.69, 9.17) is 5.26 Å². The molecule has 1 unspecified atom stereocenters. The molecule has 0 aliphatic rings. The predicted octanol–water partition coefficient (Wildman–Crippen LogP) is 3.61. The van der Waals surface area contributed by atoms with Crippen molar-refractivity contribution in [1.82, 2.24) is 9.88 Å². The summed E-state index contributed by atoms with van der Waals surface area (Å²) in [7, 11) is 0. The first-order chi connectivity index (χ1) is 10.2. The van der Waals surface area contributed by atoms with Gasteiger partial charge >= 0.3 is 0 Å². The van der Waals surface area contributed by atoms with Gasteiger partial charge in [0.15, 0.2) is 0 Å². The van der Waals surface area contributed by atoms with E-state index in [0.717, 1.165) is 18.5 Å². The van der Waals surface area contributed by atoms with Gasteiger partial charge in [-0.05, 0) is 49.7 Å². The van der Waals surface area contributed by atoms with Crippen molar-refractivity contribution in [3.63, 3.8) is 0 Å². The fourth-order valence-corrected chi connectivity index (χ4v) is 2.38. The Balaban J connectivity index is 2.17. The van der Waals surface area contributed by atoms with Crippen LogP contribution in [0.3, 0.4) is 0 Å². The number of benzene rings is 1. The molecule has 21 heavy (non-hydrogen) atoms. The van der Waals surface area contributed by atoms with Crippen LogP contribution in [-0.4, -0.2) is 11.1 Å². The smallest absolute Gasteiger partial charge is 0.140 e. The van der Waals surface area contributed by atoms with Crippen molar-refractivity contribution in [2.75, 3.05) is 6.54 Å². The third-order valence-electron chi connectivity index (χ3n) is 3.51. The topological polar surface area (TPSA) is 40.8 Å². The molecule has 110 valence electrons. The van der Waals surface area contributed by atoms with E-state index >= 15 is 0 Å². The molecule has 2 aromatic rings. The maximum absolute atomic E-state index is 13.4. The van der Waals surface area contributed by atoms with Gasteiger partial charge in [0.25, 0.3) is 0 Å². The van der Waals surface area contributed by atoms with Crippen molar-refractivity contribution in [2.45, 2.75) is 32.9 Å². The Morgan fingerprint density at radius 2 is 2.19 bits per heavy atom. The Labute approximate surface area is 125 Å². The number of rotatable bonds is 6. The quantitative estimate of drug-likeness (QED) is 0.881. The molecule has 0 radical (unpaired) electrons. The summed E-state index contributed by atoms with van der Waals surface area (Å²) in [6.45, 7) is 5.88.